The van der Waals surface area contributed by atoms with E-state index in [4.69, 9.17) is 11.7 Å². The van der Waals surface area contributed by atoms with E-state index in [-0.39, 0.29) is 22.7 Å². The number of hydrogen-bond acceptors (Lipinski definition) is 5. The fourth-order valence-electron chi connectivity index (χ4n) is 1.43. The monoisotopic (exact) mass is 251 g/mol. The van der Waals surface area contributed by atoms with Crippen molar-refractivity contribution in [2.24, 2.45) is 11.7 Å². The van der Waals surface area contributed by atoms with E-state index in [9.17, 15) is 14.4 Å². The largest absolute Gasteiger partial charge is 0.326 e. The molecule has 0 spiro atoms. The average molecular weight is 251 g/mol. The van der Waals surface area contributed by atoms with Gasteiger partial charge in [-0.3, -0.25) is 25.2 Å². The number of benzene rings is 1. The first kappa shape index (κ1) is 13.6. The number of carbonyl (C=O) groups is 3. The van der Waals surface area contributed by atoms with E-state index in [1.807, 2.05) is 10.9 Å². The van der Waals surface area contributed by atoms with E-state index >= 15 is 0 Å². The minimum absolute atomic E-state index is 0.00620. The van der Waals surface area contributed by atoms with Gasteiger partial charge < -0.3 is 5.32 Å². The third-order valence-corrected chi connectivity index (χ3v) is 2.11. The molecular weight excluding hydrogens is 238 g/mol. The van der Waals surface area contributed by atoms with Crippen molar-refractivity contribution >= 4 is 23.4 Å². The van der Waals surface area contributed by atoms with Crippen LogP contribution in [0.15, 0.2) is 18.2 Å². The third-order valence-electron chi connectivity index (χ3n) is 2.11. The van der Waals surface area contributed by atoms with Crippen LogP contribution in [0.25, 0.3) is 0 Å². The van der Waals surface area contributed by atoms with Gasteiger partial charge in [0.1, 0.15) is 0 Å². The second-order valence-corrected chi connectivity index (χ2v) is 3.36. The van der Waals surface area contributed by atoms with E-state index in [1.54, 1.807) is 0 Å². The molecule has 0 aliphatic rings. The SMILES string of the molecule is CC(=O)Nc1cccc(C(=O)NN)c1C(=O)NN. The molecule has 7 N–H and O–H groups in total. The molecule has 0 aliphatic carbocycles. The first-order valence-corrected chi connectivity index (χ1v) is 4.93. The highest BCUT2D eigenvalue weighted by Crippen LogP contribution is 2.20. The van der Waals surface area contributed by atoms with Crippen LogP contribution in [-0.2, 0) is 4.79 Å². The van der Waals surface area contributed by atoms with Crippen LogP contribution in [0.1, 0.15) is 27.6 Å². The highest BCUT2D eigenvalue weighted by molar-refractivity contribution is 6.12. The Balaban J connectivity index is 3.39. The summed E-state index contributed by atoms with van der Waals surface area (Å²) in [6.45, 7) is 1.28. The van der Waals surface area contributed by atoms with E-state index in [0.29, 0.717) is 0 Å². The summed E-state index contributed by atoms with van der Waals surface area (Å²) in [5.41, 5.74) is 3.93. The molecule has 1 aromatic carbocycles. The predicted octanol–water partition coefficient (Wildman–Crippen LogP) is -1.15. The van der Waals surface area contributed by atoms with Gasteiger partial charge in [-0.2, -0.15) is 0 Å². The van der Waals surface area contributed by atoms with E-state index in [0.717, 1.165) is 0 Å². The number of nitrogen functional groups attached to an aromatic ring is 2. The van der Waals surface area contributed by atoms with Gasteiger partial charge in [0.25, 0.3) is 11.8 Å². The molecular formula is C10H13N5O3. The summed E-state index contributed by atoms with van der Waals surface area (Å²) in [5.74, 6) is 8.30. The van der Waals surface area contributed by atoms with Crippen molar-refractivity contribution in [2.75, 3.05) is 5.32 Å². The molecule has 0 heterocycles. The number of amides is 3. The molecule has 1 rings (SSSR count). The Kier molecular flexibility index (Phi) is 4.35. The molecule has 0 atom stereocenters. The summed E-state index contributed by atoms with van der Waals surface area (Å²) in [7, 11) is 0. The smallest absolute Gasteiger partial charge is 0.268 e. The van der Waals surface area contributed by atoms with Crippen molar-refractivity contribution in [3.05, 3.63) is 29.3 Å². The Bertz CT molecular complexity index is 500. The quantitative estimate of drug-likeness (QED) is 0.262. The number of hydrazine groups is 2. The molecule has 96 valence electrons. The first-order chi connectivity index (χ1) is 8.51. The van der Waals surface area contributed by atoms with E-state index in [2.05, 4.69) is 5.32 Å². The number of hydrogen-bond donors (Lipinski definition) is 5. The normalized spacial score (nSPS) is 9.50. The lowest BCUT2D eigenvalue weighted by Gasteiger charge is -2.12. The summed E-state index contributed by atoms with van der Waals surface area (Å²) < 4.78 is 0. The van der Waals surface area contributed by atoms with Crippen molar-refractivity contribution in [1.82, 2.24) is 10.9 Å². The third kappa shape index (κ3) is 2.81. The lowest BCUT2D eigenvalue weighted by Crippen LogP contribution is -2.36. The van der Waals surface area contributed by atoms with Crippen LogP contribution >= 0.6 is 0 Å². The van der Waals surface area contributed by atoms with Gasteiger partial charge in [-0.05, 0) is 12.1 Å². The van der Waals surface area contributed by atoms with Gasteiger partial charge in [-0.1, -0.05) is 6.07 Å². The standard InChI is InChI=1S/C10H13N5O3/c1-5(16)13-7-4-2-3-6(9(17)14-11)8(7)10(18)15-12/h2-4H,11-12H2,1H3,(H,13,16)(H,14,17)(H,15,18). The molecule has 8 nitrogen and oxygen atoms in total. The first-order valence-electron chi connectivity index (χ1n) is 4.93. The number of carbonyl (C=O) groups excluding carboxylic acids is 3. The van der Waals surface area contributed by atoms with Crippen molar-refractivity contribution in [3.63, 3.8) is 0 Å². The van der Waals surface area contributed by atoms with E-state index < -0.39 is 11.8 Å². The number of nitrogens with two attached hydrogens (primary N) is 2. The molecule has 0 radical (unpaired) electrons. The topological polar surface area (TPSA) is 139 Å². The van der Waals surface area contributed by atoms with Crippen molar-refractivity contribution in [2.45, 2.75) is 6.92 Å². The predicted molar refractivity (Wildman–Crippen MR) is 64.1 cm³/mol. The van der Waals surface area contributed by atoms with Gasteiger partial charge in [-0.15, -0.1) is 0 Å². The Labute approximate surface area is 103 Å². The maximum absolute atomic E-state index is 11.6. The molecule has 0 aliphatic heterocycles. The van der Waals surface area contributed by atoms with Crippen LogP contribution in [-0.4, -0.2) is 17.7 Å². The summed E-state index contributed by atoms with van der Waals surface area (Å²) in [5, 5.41) is 2.43. The maximum Gasteiger partial charge on any atom is 0.268 e. The van der Waals surface area contributed by atoms with Crippen LogP contribution in [0.2, 0.25) is 0 Å². The van der Waals surface area contributed by atoms with Gasteiger partial charge in [0, 0.05) is 6.92 Å². The Morgan fingerprint density at radius 2 is 1.67 bits per heavy atom. The van der Waals surface area contributed by atoms with Crippen molar-refractivity contribution in [3.8, 4) is 0 Å². The Morgan fingerprint density at radius 3 is 2.17 bits per heavy atom. The second-order valence-electron chi connectivity index (χ2n) is 3.36. The molecule has 0 bridgehead atoms. The van der Waals surface area contributed by atoms with Crippen LogP contribution in [0.3, 0.4) is 0 Å². The Hall–Kier alpha value is -2.45. The fourth-order valence-corrected chi connectivity index (χ4v) is 1.43. The molecule has 18 heavy (non-hydrogen) atoms. The number of nitrogens with one attached hydrogen (secondary N) is 3. The fraction of sp³-hybridized carbons (Fsp3) is 0.100. The van der Waals surface area contributed by atoms with Gasteiger partial charge in [0.2, 0.25) is 5.91 Å². The number of rotatable bonds is 3. The second kappa shape index (κ2) is 5.75. The van der Waals surface area contributed by atoms with Crippen LogP contribution in [0, 0.1) is 0 Å². The van der Waals surface area contributed by atoms with Gasteiger partial charge >= 0.3 is 0 Å². The molecule has 0 unspecified atom stereocenters. The highest BCUT2D eigenvalue weighted by atomic mass is 16.2. The van der Waals surface area contributed by atoms with Gasteiger partial charge in [0.05, 0.1) is 16.8 Å². The van der Waals surface area contributed by atoms with Crippen molar-refractivity contribution < 1.29 is 14.4 Å². The van der Waals surface area contributed by atoms with Crippen LogP contribution in [0.4, 0.5) is 5.69 Å². The van der Waals surface area contributed by atoms with Gasteiger partial charge in [0.15, 0.2) is 0 Å². The van der Waals surface area contributed by atoms with Crippen LogP contribution in [0.5, 0.6) is 0 Å². The molecule has 0 aromatic heterocycles. The minimum atomic E-state index is -0.710. The molecule has 0 fully saturated rings. The number of anilines is 1. The molecule has 0 saturated heterocycles. The summed E-state index contributed by atoms with van der Waals surface area (Å²) >= 11 is 0. The molecule has 1 aromatic rings. The summed E-state index contributed by atoms with van der Waals surface area (Å²) in [6.07, 6.45) is 0. The molecule has 3 amide bonds. The van der Waals surface area contributed by atoms with Crippen LogP contribution < -0.4 is 27.9 Å². The van der Waals surface area contributed by atoms with Gasteiger partial charge in [-0.25, -0.2) is 11.7 Å². The Morgan fingerprint density at radius 1 is 1.06 bits per heavy atom. The highest BCUT2D eigenvalue weighted by Gasteiger charge is 2.20. The molecule has 0 saturated carbocycles. The van der Waals surface area contributed by atoms with E-state index in [1.165, 1.54) is 25.1 Å². The molecule has 8 heteroatoms. The maximum atomic E-state index is 11.6. The van der Waals surface area contributed by atoms with Crippen molar-refractivity contribution in [1.29, 1.82) is 0 Å². The zero-order valence-electron chi connectivity index (χ0n) is 9.61. The summed E-state index contributed by atoms with van der Waals surface area (Å²) in [6, 6.07) is 4.36. The summed E-state index contributed by atoms with van der Waals surface area (Å²) in [4.78, 5) is 34.2. The zero-order chi connectivity index (χ0) is 13.7. The average Bonchev–Trinajstić information content (AvgIpc) is 2.36. The lowest BCUT2D eigenvalue weighted by molar-refractivity contribution is -0.114. The lowest BCUT2D eigenvalue weighted by atomic mass is 10.0. The zero-order valence-corrected chi connectivity index (χ0v) is 9.61. The minimum Gasteiger partial charge on any atom is -0.326 e.